The number of benzene rings is 2. The Hall–Kier alpha value is -3.86. The summed E-state index contributed by atoms with van der Waals surface area (Å²) >= 11 is 1.10. The van der Waals surface area contributed by atoms with Crippen molar-refractivity contribution in [1.82, 2.24) is 9.13 Å². The maximum Gasteiger partial charge on any atom is 0.418 e. The second-order valence-electron chi connectivity index (χ2n) is 7.30. The van der Waals surface area contributed by atoms with Crippen LogP contribution in [0.2, 0.25) is 0 Å². The van der Waals surface area contributed by atoms with Crippen molar-refractivity contribution in [2.45, 2.75) is 19.3 Å². The number of hydrogen-bond donors (Lipinski definition) is 1. The molecule has 0 aliphatic heterocycles. The highest BCUT2D eigenvalue weighted by molar-refractivity contribution is 7.17. The predicted octanol–water partition coefficient (Wildman–Crippen LogP) is 3.94. The van der Waals surface area contributed by atoms with Gasteiger partial charge in [0.1, 0.15) is 17.0 Å². The number of carbonyl (C=O) groups is 1. The number of para-hydroxylation sites is 2. The maximum absolute atomic E-state index is 13.3. The van der Waals surface area contributed by atoms with E-state index >= 15 is 0 Å². The van der Waals surface area contributed by atoms with Crippen molar-refractivity contribution in [2.75, 3.05) is 12.4 Å². The zero-order valence-corrected chi connectivity index (χ0v) is 18.6. The number of hydrogen-bond acceptors (Lipinski definition) is 5. The maximum atomic E-state index is 13.3. The number of ether oxygens (including phenoxy) is 1. The minimum absolute atomic E-state index is 0.103. The van der Waals surface area contributed by atoms with Crippen LogP contribution in [0.1, 0.15) is 11.1 Å². The number of thiophene rings is 1. The Kier molecular flexibility index (Phi) is 6.29. The molecule has 34 heavy (non-hydrogen) atoms. The molecule has 2 heterocycles. The van der Waals surface area contributed by atoms with Crippen LogP contribution in [0.3, 0.4) is 0 Å². The van der Waals surface area contributed by atoms with Gasteiger partial charge < -0.3 is 10.1 Å². The Morgan fingerprint density at radius 2 is 1.74 bits per heavy atom. The molecule has 0 bridgehead atoms. The van der Waals surface area contributed by atoms with Crippen LogP contribution >= 0.6 is 11.3 Å². The Labute approximate surface area is 194 Å². The van der Waals surface area contributed by atoms with E-state index in [2.05, 4.69) is 5.32 Å². The Morgan fingerprint density at radius 3 is 2.47 bits per heavy atom. The third-order valence-corrected chi connectivity index (χ3v) is 6.06. The van der Waals surface area contributed by atoms with E-state index in [0.29, 0.717) is 11.3 Å². The smallest absolute Gasteiger partial charge is 0.418 e. The predicted molar refractivity (Wildman–Crippen MR) is 123 cm³/mol. The third kappa shape index (κ3) is 4.46. The van der Waals surface area contributed by atoms with Crippen LogP contribution in [-0.4, -0.2) is 22.2 Å². The largest absolute Gasteiger partial charge is 0.496 e. The fourth-order valence-electron chi connectivity index (χ4n) is 3.60. The molecule has 1 amide bonds. The monoisotopic (exact) mass is 489 g/mol. The van der Waals surface area contributed by atoms with E-state index in [9.17, 15) is 27.6 Å². The summed E-state index contributed by atoms with van der Waals surface area (Å²) in [4.78, 5) is 38.9. The van der Waals surface area contributed by atoms with E-state index < -0.39 is 41.1 Å². The number of fused-ring (bicyclic) bond motifs is 1. The lowest BCUT2D eigenvalue weighted by Crippen LogP contribution is -2.41. The average molecular weight is 489 g/mol. The van der Waals surface area contributed by atoms with Crippen molar-refractivity contribution in [3.63, 3.8) is 0 Å². The fourth-order valence-corrected chi connectivity index (χ4v) is 4.45. The Bertz CT molecular complexity index is 1490. The SMILES string of the molecule is COc1ccccc1Cn1c(=O)c2sccc2n(CC(=O)Nc2ccccc2C(F)(F)F)c1=O. The molecule has 176 valence electrons. The van der Waals surface area contributed by atoms with Crippen molar-refractivity contribution in [3.05, 3.63) is 91.9 Å². The zero-order chi connectivity index (χ0) is 24.5. The van der Waals surface area contributed by atoms with E-state index in [0.717, 1.165) is 32.6 Å². The van der Waals surface area contributed by atoms with Crippen molar-refractivity contribution >= 4 is 33.1 Å². The number of methoxy groups -OCH3 is 1. The minimum Gasteiger partial charge on any atom is -0.496 e. The molecule has 0 unspecified atom stereocenters. The summed E-state index contributed by atoms with van der Waals surface area (Å²) < 4.78 is 47.4. The molecular formula is C23H18F3N3O4S. The molecule has 7 nitrogen and oxygen atoms in total. The Morgan fingerprint density at radius 1 is 1.03 bits per heavy atom. The lowest BCUT2D eigenvalue weighted by molar-refractivity contribution is -0.137. The number of alkyl halides is 3. The quantitative estimate of drug-likeness (QED) is 0.445. The Balaban J connectivity index is 1.73. The summed E-state index contributed by atoms with van der Waals surface area (Å²) in [6.07, 6.45) is -4.66. The van der Waals surface area contributed by atoms with E-state index in [-0.39, 0.29) is 16.8 Å². The van der Waals surface area contributed by atoms with Crippen molar-refractivity contribution in [2.24, 2.45) is 0 Å². The van der Waals surface area contributed by atoms with Gasteiger partial charge in [0.15, 0.2) is 0 Å². The van der Waals surface area contributed by atoms with Gasteiger partial charge in [-0.05, 0) is 29.6 Å². The molecule has 0 spiro atoms. The van der Waals surface area contributed by atoms with Crippen LogP contribution in [-0.2, 0) is 24.1 Å². The van der Waals surface area contributed by atoms with Gasteiger partial charge in [-0.2, -0.15) is 13.2 Å². The molecule has 0 aliphatic carbocycles. The molecule has 0 saturated carbocycles. The highest BCUT2D eigenvalue weighted by Gasteiger charge is 2.33. The first-order valence-electron chi connectivity index (χ1n) is 9.99. The van der Waals surface area contributed by atoms with Crippen LogP contribution in [0.4, 0.5) is 18.9 Å². The molecule has 11 heteroatoms. The zero-order valence-electron chi connectivity index (χ0n) is 17.8. The first-order chi connectivity index (χ1) is 16.2. The molecular weight excluding hydrogens is 471 g/mol. The van der Waals surface area contributed by atoms with Gasteiger partial charge in [0.2, 0.25) is 5.91 Å². The number of nitrogens with zero attached hydrogens (tertiary/aromatic N) is 2. The van der Waals surface area contributed by atoms with Crippen LogP contribution in [0.5, 0.6) is 5.75 Å². The molecule has 0 saturated heterocycles. The van der Waals surface area contributed by atoms with E-state index in [1.165, 1.54) is 25.3 Å². The number of anilines is 1. The standard InChI is InChI=1S/C23H18F3N3O4S/c1-33-18-9-5-2-6-14(18)12-29-21(31)20-17(10-11-34-20)28(22(29)32)13-19(30)27-16-8-4-3-7-15(16)23(24,25)26/h2-11H,12-13H2,1H3,(H,27,30). The summed E-state index contributed by atoms with van der Waals surface area (Å²) in [5.41, 5.74) is -1.90. The molecule has 4 rings (SSSR count). The number of halogens is 3. The second-order valence-corrected chi connectivity index (χ2v) is 8.21. The molecule has 2 aromatic heterocycles. The lowest BCUT2D eigenvalue weighted by Gasteiger charge is -2.15. The van der Waals surface area contributed by atoms with Crippen LogP contribution in [0.25, 0.3) is 10.2 Å². The third-order valence-electron chi connectivity index (χ3n) is 5.17. The summed E-state index contributed by atoms with van der Waals surface area (Å²) in [5.74, 6) is -0.359. The van der Waals surface area contributed by atoms with Crippen LogP contribution in [0.15, 0.2) is 69.6 Å². The van der Waals surface area contributed by atoms with Crippen molar-refractivity contribution in [1.29, 1.82) is 0 Å². The van der Waals surface area contributed by atoms with E-state index in [4.69, 9.17) is 4.74 Å². The highest BCUT2D eigenvalue weighted by atomic mass is 32.1. The van der Waals surface area contributed by atoms with Gasteiger partial charge >= 0.3 is 11.9 Å². The number of nitrogens with one attached hydrogen (secondary N) is 1. The number of amides is 1. The van der Waals surface area contributed by atoms with Crippen LogP contribution < -0.4 is 21.3 Å². The first kappa shape index (κ1) is 23.3. The number of rotatable bonds is 6. The van der Waals surface area contributed by atoms with Gasteiger partial charge in [0.25, 0.3) is 5.56 Å². The summed E-state index contributed by atoms with van der Waals surface area (Å²) in [6, 6.07) is 13.0. The number of aromatic nitrogens is 2. The van der Waals surface area contributed by atoms with Gasteiger partial charge in [-0.1, -0.05) is 30.3 Å². The van der Waals surface area contributed by atoms with Gasteiger partial charge in [-0.3, -0.25) is 18.7 Å². The highest BCUT2D eigenvalue weighted by Crippen LogP contribution is 2.34. The lowest BCUT2D eigenvalue weighted by atomic mass is 10.1. The molecule has 4 aromatic rings. The molecule has 1 N–H and O–H groups in total. The van der Waals surface area contributed by atoms with Gasteiger partial charge in [-0.15, -0.1) is 11.3 Å². The van der Waals surface area contributed by atoms with Gasteiger partial charge in [0, 0.05) is 5.56 Å². The normalized spacial score (nSPS) is 11.5. The van der Waals surface area contributed by atoms with E-state index in [1.807, 2.05) is 0 Å². The summed E-state index contributed by atoms with van der Waals surface area (Å²) in [7, 11) is 1.46. The summed E-state index contributed by atoms with van der Waals surface area (Å²) in [6.45, 7) is -0.682. The minimum atomic E-state index is -4.66. The fraction of sp³-hybridized carbons (Fsp3) is 0.174. The first-order valence-corrected chi connectivity index (χ1v) is 10.9. The molecule has 0 atom stereocenters. The summed E-state index contributed by atoms with van der Waals surface area (Å²) in [5, 5.41) is 3.83. The molecule has 0 aliphatic rings. The van der Waals surface area contributed by atoms with Crippen molar-refractivity contribution < 1.29 is 22.7 Å². The van der Waals surface area contributed by atoms with E-state index in [1.54, 1.807) is 29.6 Å². The molecule has 0 fully saturated rings. The molecule has 0 radical (unpaired) electrons. The van der Waals surface area contributed by atoms with Gasteiger partial charge in [0.05, 0.1) is 30.4 Å². The topological polar surface area (TPSA) is 82.3 Å². The molecule has 2 aromatic carbocycles. The van der Waals surface area contributed by atoms with Gasteiger partial charge in [-0.25, -0.2) is 4.79 Å². The average Bonchev–Trinajstić information content (AvgIpc) is 3.29. The van der Waals surface area contributed by atoms with Crippen molar-refractivity contribution in [3.8, 4) is 5.75 Å². The number of carbonyl (C=O) groups excluding carboxylic acids is 1. The second kappa shape index (κ2) is 9.18. The van der Waals surface area contributed by atoms with Crippen LogP contribution in [0, 0.1) is 0 Å².